The fourth-order valence-electron chi connectivity index (χ4n) is 4.57. The van der Waals surface area contributed by atoms with Crippen LogP contribution in [0.1, 0.15) is 82.3 Å². The fraction of sp³-hybridized carbons (Fsp3) is 0.244. The maximum atomic E-state index is 5.80. The van der Waals surface area contributed by atoms with Crippen LogP contribution in [-0.4, -0.2) is 13.6 Å². The molecule has 0 amide bonds. The zero-order chi connectivity index (χ0) is 34.9. The van der Waals surface area contributed by atoms with Crippen LogP contribution in [0.4, 0.5) is 0 Å². The summed E-state index contributed by atoms with van der Waals surface area (Å²) in [6.07, 6.45) is 15.3. The van der Waals surface area contributed by atoms with Crippen molar-refractivity contribution in [3.05, 3.63) is 180 Å². The Balaban J connectivity index is 0.000000441. The van der Waals surface area contributed by atoms with Gasteiger partial charge in [0.1, 0.15) is 0 Å². The summed E-state index contributed by atoms with van der Waals surface area (Å²) in [5.74, 6) is 0. The molecule has 0 saturated heterocycles. The van der Waals surface area contributed by atoms with Crippen LogP contribution in [0.3, 0.4) is 0 Å². The Morgan fingerprint density at radius 2 is 1.15 bits per heavy atom. The number of hydrogen-bond acceptors (Lipinski definition) is 2. The first-order valence-electron chi connectivity index (χ1n) is 16.9. The number of hydrogen-bond donors (Lipinski definition) is 2. The predicted molar refractivity (Wildman–Crippen MR) is 213 cm³/mol. The van der Waals surface area contributed by atoms with E-state index >= 15 is 0 Å². The maximum absolute atomic E-state index is 5.80. The van der Waals surface area contributed by atoms with E-state index in [1.165, 1.54) is 50.1 Å². The molecule has 0 spiro atoms. The van der Waals surface area contributed by atoms with Gasteiger partial charge in [-0.15, -0.1) is 0 Å². The second-order valence-corrected chi connectivity index (χ2v) is 10.7. The summed E-state index contributed by atoms with van der Waals surface area (Å²) in [6.45, 7) is 19.1. The van der Waals surface area contributed by atoms with Gasteiger partial charge in [-0.05, 0) is 97.8 Å². The Morgan fingerprint density at radius 1 is 0.702 bits per heavy atom. The molecule has 3 N–H and O–H groups in total. The van der Waals surface area contributed by atoms with Crippen LogP contribution >= 0.6 is 0 Å². The topological polar surface area (TPSA) is 38.0 Å². The van der Waals surface area contributed by atoms with Gasteiger partial charge >= 0.3 is 0 Å². The van der Waals surface area contributed by atoms with E-state index in [1.807, 2.05) is 59.9 Å². The molecule has 0 aliphatic heterocycles. The molecule has 0 bridgehead atoms. The van der Waals surface area contributed by atoms with E-state index < -0.39 is 0 Å². The average Bonchev–Trinajstić information content (AvgIpc) is 3.13. The van der Waals surface area contributed by atoms with Crippen LogP contribution in [0, 0.1) is 0 Å². The third-order valence-corrected chi connectivity index (χ3v) is 7.18. The number of benzene rings is 4. The highest BCUT2D eigenvalue weighted by Gasteiger charge is 2.02. The smallest absolute Gasteiger partial charge is 0.0266 e. The fourth-order valence-corrected chi connectivity index (χ4v) is 4.57. The zero-order valence-corrected chi connectivity index (χ0v) is 30.1. The molecule has 4 rings (SSSR count). The summed E-state index contributed by atoms with van der Waals surface area (Å²) >= 11 is 0. The minimum atomic E-state index is 0.106. The van der Waals surface area contributed by atoms with Gasteiger partial charge in [-0.3, -0.25) is 0 Å². The van der Waals surface area contributed by atoms with E-state index in [-0.39, 0.29) is 6.04 Å². The van der Waals surface area contributed by atoms with E-state index in [9.17, 15) is 0 Å². The third-order valence-electron chi connectivity index (χ3n) is 7.18. The van der Waals surface area contributed by atoms with Crippen LogP contribution in [0.5, 0.6) is 0 Å². The molecule has 4 aromatic carbocycles. The molecule has 0 heterocycles. The summed E-state index contributed by atoms with van der Waals surface area (Å²) in [4.78, 5) is 0. The lowest BCUT2D eigenvalue weighted by molar-refractivity contribution is 0.818. The van der Waals surface area contributed by atoms with Gasteiger partial charge in [0, 0.05) is 6.04 Å². The van der Waals surface area contributed by atoms with Crippen molar-refractivity contribution in [3.63, 3.8) is 0 Å². The number of rotatable bonds is 10. The first-order valence-corrected chi connectivity index (χ1v) is 16.9. The molecule has 0 aliphatic carbocycles. The van der Waals surface area contributed by atoms with Crippen LogP contribution < -0.4 is 11.1 Å². The minimum Gasteiger partial charge on any atom is -0.324 e. The molecule has 0 saturated carbocycles. The van der Waals surface area contributed by atoms with E-state index in [4.69, 9.17) is 5.73 Å². The monoisotopic (exact) mass is 626 g/mol. The van der Waals surface area contributed by atoms with E-state index in [2.05, 4.69) is 153 Å². The quantitative estimate of drug-likeness (QED) is 0.172. The lowest BCUT2D eigenvalue weighted by Crippen LogP contribution is -2.04. The van der Waals surface area contributed by atoms with Gasteiger partial charge < -0.3 is 11.1 Å². The van der Waals surface area contributed by atoms with Crippen molar-refractivity contribution < 1.29 is 0 Å². The number of allylic oxidation sites excluding steroid dienone is 9. The highest BCUT2D eigenvalue weighted by Crippen LogP contribution is 2.22. The van der Waals surface area contributed by atoms with Crippen LogP contribution in [0.2, 0.25) is 0 Å². The molecule has 4 aromatic rings. The van der Waals surface area contributed by atoms with Gasteiger partial charge in [-0.25, -0.2) is 0 Å². The average molecular weight is 627 g/mol. The van der Waals surface area contributed by atoms with Gasteiger partial charge in [0.05, 0.1) is 0 Å². The van der Waals surface area contributed by atoms with Gasteiger partial charge in [-0.1, -0.05) is 173 Å². The summed E-state index contributed by atoms with van der Waals surface area (Å²) in [7, 11) is 1.93. The van der Waals surface area contributed by atoms with Gasteiger partial charge in [0.15, 0.2) is 0 Å². The highest BCUT2D eigenvalue weighted by atomic mass is 14.8. The van der Waals surface area contributed by atoms with Crippen molar-refractivity contribution in [3.8, 4) is 11.1 Å². The van der Waals surface area contributed by atoms with Gasteiger partial charge in [0.25, 0.3) is 0 Å². The standard InChI is InChI=1S/C26H28.C14H15N.C3H9N.C2H6/c1-5-9-23(8-4)25-16-12-21(13-17-25)20-22-14-18-26(19-15-22)24(10-6-2)11-7-3;1-11(15)12-7-9-14(10-8-12)13-5-3-2-4-6-13;1-3-4-2;1-2/h5-19H,2,20H2,1,3-4H3;2-11H,15H2,1H3;4H,3H2,1-2H3;1-2H3/b9-5-,11-7-,23-8+,24-10+;;;. The molecule has 0 aliphatic rings. The molecule has 2 nitrogen and oxygen atoms in total. The Labute approximate surface area is 287 Å². The molecule has 0 radical (unpaired) electrons. The first-order chi connectivity index (χ1) is 22.9. The normalized spacial score (nSPS) is 11.9. The van der Waals surface area contributed by atoms with E-state index in [0.29, 0.717) is 0 Å². The van der Waals surface area contributed by atoms with Crippen LogP contribution in [0.25, 0.3) is 22.3 Å². The molecule has 0 fully saturated rings. The molecule has 2 heteroatoms. The lowest BCUT2D eigenvalue weighted by Gasteiger charge is -2.07. The largest absolute Gasteiger partial charge is 0.324 e. The van der Waals surface area contributed by atoms with Crippen molar-refractivity contribution in [1.82, 2.24) is 5.32 Å². The molecular formula is C45H58N2. The number of nitrogens with one attached hydrogen (secondary N) is 1. The van der Waals surface area contributed by atoms with Crippen molar-refractivity contribution >= 4 is 11.1 Å². The molecule has 1 atom stereocenters. The van der Waals surface area contributed by atoms with Crippen molar-refractivity contribution in [2.24, 2.45) is 5.73 Å². The Kier molecular flexibility index (Phi) is 21.3. The van der Waals surface area contributed by atoms with Gasteiger partial charge in [0.2, 0.25) is 0 Å². The molecule has 248 valence electrons. The summed E-state index contributed by atoms with van der Waals surface area (Å²) in [5, 5.41) is 2.93. The highest BCUT2D eigenvalue weighted by molar-refractivity contribution is 5.75. The van der Waals surface area contributed by atoms with Crippen molar-refractivity contribution in [2.75, 3.05) is 13.6 Å². The van der Waals surface area contributed by atoms with Gasteiger partial charge in [-0.2, -0.15) is 0 Å². The summed E-state index contributed by atoms with van der Waals surface area (Å²) < 4.78 is 0. The van der Waals surface area contributed by atoms with Crippen molar-refractivity contribution in [2.45, 2.75) is 60.9 Å². The Bertz CT molecular complexity index is 1500. The molecular weight excluding hydrogens is 569 g/mol. The maximum Gasteiger partial charge on any atom is 0.0266 e. The van der Waals surface area contributed by atoms with E-state index in [1.54, 1.807) is 0 Å². The first kappa shape index (κ1) is 40.5. The summed E-state index contributed by atoms with van der Waals surface area (Å²) in [6, 6.07) is 36.5. The Hall–Kier alpha value is -4.50. The minimum absolute atomic E-state index is 0.106. The Morgan fingerprint density at radius 3 is 1.55 bits per heavy atom. The predicted octanol–water partition coefficient (Wildman–Crippen LogP) is 12.0. The zero-order valence-electron chi connectivity index (χ0n) is 30.1. The lowest BCUT2D eigenvalue weighted by atomic mass is 9.98. The third kappa shape index (κ3) is 15.1. The van der Waals surface area contributed by atoms with Crippen LogP contribution in [-0.2, 0) is 6.42 Å². The molecule has 0 aromatic heterocycles. The van der Waals surface area contributed by atoms with Crippen LogP contribution in [0.15, 0.2) is 152 Å². The van der Waals surface area contributed by atoms with E-state index in [0.717, 1.165) is 13.0 Å². The SMILES string of the molecule is C=C/C=C(\C=C/C)c1ccc(Cc2ccc(C(/C=C\C)=C/C)cc2)cc1.CC.CC(N)c1ccc(-c2ccccc2)cc1.CCNC. The number of nitrogens with two attached hydrogens (primary N) is 1. The molecule has 47 heavy (non-hydrogen) atoms. The molecule has 1 unspecified atom stereocenters. The second-order valence-electron chi connectivity index (χ2n) is 10.7. The summed E-state index contributed by atoms with van der Waals surface area (Å²) in [5.41, 5.74) is 17.0. The van der Waals surface area contributed by atoms with Crippen molar-refractivity contribution in [1.29, 1.82) is 0 Å². The second kappa shape index (κ2) is 24.7.